The van der Waals surface area contributed by atoms with Gasteiger partial charge in [-0.15, -0.1) is 0 Å². The Bertz CT molecular complexity index is 583. The average molecular weight is 287 g/mol. The van der Waals surface area contributed by atoms with E-state index in [1.807, 2.05) is 30.5 Å². The summed E-state index contributed by atoms with van der Waals surface area (Å²) in [6, 6.07) is 9.89. The van der Waals surface area contributed by atoms with Crippen LogP contribution in [0, 0.1) is 6.92 Å². The minimum absolute atomic E-state index is 0.688. The highest BCUT2D eigenvalue weighted by Gasteiger charge is 2.18. The van der Waals surface area contributed by atoms with Crippen LogP contribution < -0.4 is 4.43 Å². The number of rotatable bonds is 5. The van der Waals surface area contributed by atoms with Gasteiger partial charge in [0, 0.05) is 12.6 Å². The van der Waals surface area contributed by atoms with E-state index in [1.54, 1.807) is 6.26 Å². The van der Waals surface area contributed by atoms with E-state index in [-0.39, 0.29) is 0 Å². The predicted octanol–water partition coefficient (Wildman–Crippen LogP) is 4.75. The minimum atomic E-state index is -1.64. The summed E-state index contributed by atoms with van der Waals surface area (Å²) in [5, 5.41) is 0. The molecule has 0 spiro atoms. The molecule has 106 valence electrons. The van der Waals surface area contributed by atoms with Crippen LogP contribution in [-0.4, -0.2) is 14.5 Å². The first-order valence-electron chi connectivity index (χ1n) is 6.79. The second-order valence-electron chi connectivity index (χ2n) is 5.73. The third-order valence-electron chi connectivity index (χ3n) is 2.71. The smallest absolute Gasteiger partial charge is 0.242 e. The lowest BCUT2D eigenvalue weighted by molar-refractivity contribution is 0.527. The lowest BCUT2D eigenvalue weighted by Crippen LogP contribution is -2.29. The molecule has 1 aromatic heterocycles. The van der Waals surface area contributed by atoms with Gasteiger partial charge in [0.15, 0.2) is 0 Å². The number of furan rings is 1. The maximum atomic E-state index is 6.10. The molecular formula is C16H21NO2Si. The van der Waals surface area contributed by atoms with Crippen LogP contribution in [0.2, 0.25) is 19.6 Å². The van der Waals surface area contributed by atoms with E-state index >= 15 is 0 Å². The van der Waals surface area contributed by atoms with Crippen LogP contribution in [-0.2, 0) is 6.42 Å². The van der Waals surface area contributed by atoms with Crippen LogP contribution in [0.3, 0.4) is 0 Å². The second kappa shape index (κ2) is 6.09. The molecule has 0 saturated carbocycles. The number of benzene rings is 1. The van der Waals surface area contributed by atoms with E-state index < -0.39 is 8.32 Å². The zero-order chi connectivity index (χ0) is 14.6. The lowest BCUT2D eigenvalue weighted by atomic mass is 10.2. The summed E-state index contributed by atoms with van der Waals surface area (Å²) in [5.41, 5.74) is 2.04. The largest absolute Gasteiger partial charge is 0.543 e. The molecule has 0 fully saturated rings. The van der Waals surface area contributed by atoms with E-state index in [4.69, 9.17) is 8.84 Å². The Morgan fingerprint density at radius 3 is 2.65 bits per heavy atom. The summed E-state index contributed by atoms with van der Waals surface area (Å²) in [6.45, 7) is 8.57. The molecule has 0 bridgehead atoms. The van der Waals surface area contributed by atoms with E-state index in [0.717, 1.165) is 22.8 Å². The fourth-order valence-corrected chi connectivity index (χ4v) is 2.69. The topological polar surface area (TPSA) is 34.7 Å². The molecule has 0 aliphatic rings. The molecular weight excluding hydrogens is 266 g/mol. The normalized spacial score (nSPS) is 12.0. The summed E-state index contributed by atoms with van der Waals surface area (Å²) in [7, 11) is -1.64. The first-order valence-corrected chi connectivity index (χ1v) is 10.2. The van der Waals surface area contributed by atoms with Gasteiger partial charge < -0.3 is 8.84 Å². The summed E-state index contributed by atoms with van der Waals surface area (Å²) in [5.74, 6) is 1.79. The van der Waals surface area contributed by atoms with Gasteiger partial charge in [0.2, 0.25) is 8.32 Å². The highest BCUT2D eigenvalue weighted by Crippen LogP contribution is 2.32. The zero-order valence-electron chi connectivity index (χ0n) is 12.5. The van der Waals surface area contributed by atoms with Crippen molar-refractivity contribution in [2.24, 2.45) is 4.99 Å². The molecule has 2 aromatic rings. The van der Waals surface area contributed by atoms with E-state index in [1.165, 1.54) is 0 Å². The molecule has 0 atom stereocenters. The van der Waals surface area contributed by atoms with Crippen LogP contribution in [0.15, 0.2) is 46.0 Å². The number of para-hydroxylation sites is 1. The van der Waals surface area contributed by atoms with Crippen molar-refractivity contribution >= 4 is 20.2 Å². The Morgan fingerprint density at radius 2 is 2.00 bits per heavy atom. The van der Waals surface area contributed by atoms with Gasteiger partial charge in [-0.2, -0.15) is 0 Å². The van der Waals surface area contributed by atoms with E-state index in [0.29, 0.717) is 6.42 Å². The van der Waals surface area contributed by atoms with Crippen molar-refractivity contribution in [3.8, 4) is 5.75 Å². The molecule has 0 radical (unpaired) electrons. The third kappa shape index (κ3) is 4.10. The fraction of sp³-hybridized carbons (Fsp3) is 0.312. The Hall–Kier alpha value is -1.81. The SMILES string of the molecule is Cc1cccc(O[Si](C)(C)C)c1N=CCc1ccco1. The quantitative estimate of drug-likeness (QED) is 0.587. The van der Waals surface area contributed by atoms with E-state index in [9.17, 15) is 0 Å². The van der Waals surface area contributed by atoms with Crippen molar-refractivity contribution in [3.05, 3.63) is 47.9 Å². The van der Waals surface area contributed by atoms with Crippen LogP contribution in [0.4, 0.5) is 5.69 Å². The molecule has 0 saturated heterocycles. The van der Waals surface area contributed by atoms with Gasteiger partial charge in [0.05, 0.1) is 6.26 Å². The van der Waals surface area contributed by atoms with Crippen molar-refractivity contribution < 1.29 is 8.84 Å². The van der Waals surface area contributed by atoms with Gasteiger partial charge in [-0.25, -0.2) is 0 Å². The zero-order valence-corrected chi connectivity index (χ0v) is 13.5. The Labute approximate surface area is 121 Å². The molecule has 3 nitrogen and oxygen atoms in total. The van der Waals surface area contributed by atoms with Gasteiger partial charge >= 0.3 is 0 Å². The van der Waals surface area contributed by atoms with Crippen molar-refractivity contribution in [1.29, 1.82) is 0 Å². The molecule has 0 unspecified atom stereocenters. The minimum Gasteiger partial charge on any atom is -0.543 e. The van der Waals surface area contributed by atoms with Crippen LogP contribution in [0.25, 0.3) is 0 Å². The third-order valence-corrected chi connectivity index (χ3v) is 3.54. The molecule has 1 heterocycles. The van der Waals surface area contributed by atoms with Crippen LogP contribution in [0.1, 0.15) is 11.3 Å². The molecule has 1 aromatic carbocycles. The Kier molecular flexibility index (Phi) is 4.45. The first kappa shape index (κ1) is 14.6. The predicted molar refractivity (Wildman–Crippen MR) is 85.7 cm³/mol. The average Bonchev–Trinajstić information content (AvgIpc) is 2.84. The molecule has 20 heavy (non-hydrogen) atoms. The standard InChI is InChI=1S/C16H21NO2Si/c1-13-7-5-9-15(19-20(2,3)4)16(13)17-11-10-14-8-6-12-18-14/h5-9,11-12H,10H2,1-4H3. The van der Waals surface area contributed by atoms with Gasteiger partial charge in [0.1, 0.15) is 17.2 Å². The Morgan fingerprint density at radius 1 is 1.20 bits per heavy atom. The molecule has 0 amide bonds. The molecule has 0 aliphatic heterocycles. The maximum Gasteiger partial charge on any atom is 0.242 e. The molecule has 2 rings (SSSR count). The van der Waals surface area contributed by atoms with Crippen molar-refractivity contribution in [2.45, 2.75) is 33.0 Å². The van der Waals surface area contributed by atoms with Gasteiger partial charge in [-0.05, 0) is 50.3 Å². The van der Waals surface area contributed by atoms with Gasteiger partial charge in [-0.1, -0.05) is 12.1 Å². The lowest BCUT2D eigenvalue weighted by Gasteiger charge is -2.21. The Balaban J connectivity index is 2.19. The maximum absolute atomic E-state index is 6.10. The van der Waals surface area contributed by atoms with Gasteiger partial charge in [-0.3, -0.25) is 4.99 Å². The number of hydrogen-bond acceptors (Lipinski definition) is 3. The van der Waals surface area contributed by atoms with Crippen LogP contribution >= 0.6 is 0 Å². The second-order valence-corrected chi connectivity index (χ2v) is 10.2. The number of hydrogen-bond donors (Lipinski definition) is 0. The van der Waals surface area contributed by atoms with Crippen molar-refractivity contribution in [3.63, 3.8) is 0 Å². The number of nitrogens with zero attached hydrogens (tertiary/aromatic N) is 1. The molecule has 4 heteroatoms. The summed E-state index contributed by atoms with van der Waals surface area (Å²) >= 11 is 0. The van der Waals surface area contributed by atoms with Crippen LogP contribution in [0.5, 0.6) is 5.75 Å². The number of aliphatic imine (C=N–C) groups is 1. The monoisotopic (exact) mass is 287 g/mol. The number of aryl methyl sites for hydroxylation is 1. The summed E-state index contributed by atoms with van der Waals surface area (Å²) in [4.78, 5) is 4.58. The summed E-state index contributed by atoms with van der Waals surface area (Å²) in [6.07, 6.45) is 4.24. The highest BCUT2D eigenvalue weighted by atomic mass is 28.4. The highest BCUT2D eigenvalue weighted by molar-refractivity contribution is 6.70. The van der Waals surface area contributed by atoms with Crippen molar-refractivity contribution in [2.75, 3.05) is 0 Å². The van der Waals surface area contributed by atoms with Crippen molar-refractivity contribution in [1.82, 2.24) is 0 Å². The molecule has 0 aliphatic carbocycles. The fourth-order valence-electron chi connectivity index (χ4n) is 1.87. The van der Waals surface area contributed by atoms with E-state index in [2.05, 4.69) is 37.6 Å². The first-order chi connectivity index (χ1) is 9.46. The molecule has 0 N–H and O–H groups in total. The summed E-state index contributed by atoms with van der Waals surface area (Å²) < 4.78 is 11.4. The van der Waals surface area contributed by atoms with Gasteiger partial charge in [0.25, 0.3) is 0 Å².